The van der Waals surface area contributed by atoms with Crippen molar-refractivity contribution in [1.82, 2.24) is 15.5 Å². The third kappa shape index (κ3) is 3.58. The summed E-state index contributed by atoms with van der Waals surface area (Å²) in [4.78, 5) is 5.59. The lowest BCUT2D eigenvalue weighted by molar-refractivity contribution is 0.339. The molecule has 1 heterocycles. The second-order valence-corrected chi connectivity index (χ2v) is 4.98. The molecule has 96 valence electrons. The summed E-state index contributed by atoms with van der Waals surface area (Å²) in [6, 6.07) is 10.3. The number of hydrogen-bond donors (Lipinski definition) is 1. The summed E-state index contributed by atoms with van der Waals surface area (Å²) >= 11 is 1.71. The molecule has 0 amide bonds. The number of nitrogens with one attached hydrogen (secondary N) is 1. The van der Waals surface area contributed by atoms with Gasteiger partial charge in [0.2, 0.25) is 5.89 Å². The van der Waals surface area contributed by atoms with Crippen LogP contribution >= 0.6 is 11.8 Å². The van der Waals surface area contributed by atoms with Crippen molar-refractivity contribution in [2.24, 2.45) is 0 Å². The van der Waals surface area contributed by atoms with Gasteiger partial charge in [-0.2, -0.15) is 4.98 Å². The molecule has 1 aromatic carbocycles. The van der Waals surface area contributed by atoms with E-state index in [1.165, 1.54) is 4.90 Å². The van der Waals surface area contributed by atoms with Crippen LogP contribution in [0.15, 0.2) is 39.8 Å². The molecule has 0 saturated heterocycles. The highest BCUT2D eigenvalue weighted by atomic mass is 32.2. The van der Waals surface area contributed by atoms with Crippen LogP contribution in [0.4, 0.5) is 0 Å². The first-order valence-electron chi connectivity index (χ1n) is 6.03. The molecule has 0 aliphatic carbocycles. The number of hydrogen-bond acceptors (Lipinski definition) is 5. The van der Waals surface area contributed by atoms with Crippen molar-refractivity contribution in [2.45, 2.75) is 30.5 Å². The van der Waals surface area contributed by atoms with E-state index >= 15 is 0 Å². The van der Waals surface area contributed by atoms with Gasteiger partial charge in [-0.05, 0) is 25.6 Å². The molecule has 1 aromatic heterocycles. The highest BCUT2D eigenvalue weighted by Gasteiger charge is 2.12. The van der Waals surface area contributed by atoms with Gasteiger partial charge >= 0.3 is 0 Å². The van der Waals surface area contributed by atoms with E-state index in [-0.39, 0.29) is 6.04 Å². The number of nitrogens with zero attached hydrogens (tertiary/aromatic N) is 2. The van der Waals surface area contributed by atoms with Crippen molar-refractivity contribution < 1.29 is 4.52 Å². The molecule has 5 heteroatoms. The fourth-order valence-corrected chi connectivity index (χ4v) is 2.32. The summed E-state index contributed by atoms with van der Waals surface area (Å²) < 4.78 is 5.23. The van der Waals surface area contributed by atoms with Gasteiger partial charge in [0, 0.05) is 4.90 Å². The zero-order valence-electron chi connectivity index (χ0n) is 10.6. The molecular formula is C13H17N3OS. The summed E-state index contributed by atoms with van der Waals surface area (Å²) in [5, 5.41) is 7.23. The molecule has 2 aromatic rings. The van der Waals surface area contributed by atoms with E-state index in [4.69, 9.17) is 4.52 Å². The number of benzene rings is 1. The lowest BCUT2D eigenvalue weighted by Gasteiger charge is -2.05. The average molecular weight is 263 g/mol. The smallest absolute Gasteiger partial charge is 0.243 e. The molecule has 4 nitrogen and oxygen atoms in total. The SMILES string of the molecule is CCNC(C)c1nc(CSc2ccccc2)no1. The Bertz CT molecular complexity index is 472. The molecule has 18 heavy (non-hydrogen) atoms. The Balaban J connectivity index is 1.91. The molecule has 0 spiro atoms. The Labute approximate surface area is 111 Å². The van der Waals surface area contributed by atoms with Crippen molar-refractivity contribution in [3.63, 3.8) is 0 Å². The van der Waals surface area contributed by atoms with Crippen molar-refractivity contribution >= 4 is 11.8 Å². The summed E-state index contributed by atoms with van der Waals surface area (Å²) in [6.45, 7) is 4.96. The fourth-order valence-electron chi connectivity index (χ4n) is 1.56. The van der Waals surface area contributed by atoms with E-state index in [1.807, 2.05) is 25.1 Å². The van der Waals surface area contributed by atoms with Crippen LogP contribution in [0.3, 0.4) is 0 Å². The molecule has 1 unspecified atom stereocenters. The Morgan fingerprint density at radius 1 is 1.33 bits per heavy atom. The van der Waals surface area contributed by atoms with E-state index in [9.17, 15) is 0 Å². The molecular weight excluding hydrogens is 246 g/mol. The van der Waals surface area contributed by atoms with E-state index in [1.54, 1.807) is 11.8 Å². The van der Waals surface area contributed by atoms with Crippen LogP contribution < -0.4 is 5.32 Å². The van der Waals surface area contributed by atoms with Crippen LogP contribution in [0.1, 0.15) is 31.6 Å². The lowest BCUT2D eigenvalue weighted by atomic mass is 10.3. The minimum absolute atomic E-state index is 0.109. The van der Waals surface area contributed by atoms with Crippen LogP contribution in [-0.4, -0.2) is 16.7 Å². The van der Waals surface area contributed by atoms with Crippen molar-refractivity contribution in [3.05, 3.63) is 42.0 Å². The maximum absolute atomic E-state index is 5.23. The van der Waals surface area contributed by atoms with Crippen molar-refractivity contribution in [1.29, 1.82) is 0 Å². The first-order valence-corrected chi connectivity index (χ1v) is 7.02. The second kappa shape index (κ2) is 6.56. The predicted octanol–water partition coefficient (Wildman–Crippen LogP) is 3.03. The normalized spacial score (nSPS) is 12.6. The molecule has 0 aliphatic rings. The monoisotopic (exact) mass is 263 g/mol. The highest BCUT2D eigenvalue weighted by molar-refractivity contribution is 7.98. The third-order valence-electron chi connectivity index (χ3n) is 2.48. The molecule has 2 rings (SSSR count). The maximum atomic E-state index is 5.23. The Morgan fingerprint density at radius 3 is 2.83 bits per heavy atom. The lowest BCUT2D eigenvalue weighted by Crippen LogP contribution is -2.17. The van der Waals surface area contributed by atoms with Gasteiger partial charge in [0.1, 0.15) is 0 Å². The second-order valence-electron chi connectivity index (χ2n) is 3.93. The van der Waals surface area contributed by atoms with Gasteiger partial charge in [0.25, 0.3) is 0 Å². The Morgan fingerprint density at radius 2 is 2.11 bits per heavy atom. The van der Waals surface area contributed by atoms with Crippen LogP contribution in [0.2, 0.25) is 0 Å². The molecule has 0 radical (unpaired) electrons. The minimum Gasteiger partial charge on any atom is -0.338 e. The molecule has 0 saturated carbocycles. The van der Waals surface area contributed by atoms with Gasteiger partial charge in [-0.25, -0.2) is 0 Å². The average Bonchev–Trinajstić information content (AvgIpc) is 2.87. The quantitative estimate of drug-likeness (QED) is 0.812. The van der Waals surface area contributed by atoms with Crippen LogP contribution in [0.25, 0.3) is 0 Å². The Hall–Kier alpha value is -1.33. The first-order chi connectivity index (χ1) is 8.79. The van der Waals surface area contributed by atoms with Crippen LogP contribution in [0, 0.1) is 0 Å². The third-order valence-corrected chi connectivity index (χ3v) is 3.48. The van der Waals surface area contributed by atoms with Crippen LogP contribution in [-0.2, 0) is 5.75 Å². The maximum Gasteiger partial charge on any atom is 0.243 e. The summed E-state index contributed by atoms with van der Waals surface area (Å²) in [5.74, 6) is 2.12. The zero-order valence-corrected chi connectivity index (χ0v) is 11.4. The van der Waals surface area contributed by atoms with Gasteiger partial charge < -0.3 is 9.84 Å². The highest BCUT2D eigenvalue weighted by Crippen LogP contribution is 2.21. The topological polar surface area (TPSA) is 51.0 Å². The van der Waals surface area contributed by atoms with Crippen molar-refractivity contribution in [2.75, 3.05) is 6.54 Å². The summed E-state index contributed by atoms with van der Waals surface area (Å²) in [6.07, 6.45) is 0. The molecule has 1 atom stereocenters. The first kappa shape index (κ1) is 13.1. The van der Waals surface area contributed by atoms with Gasteiger partial charge in [-0.1, -0.05) is 30.3 Å². The molecule has 0 bridgehead atoms. The van der Waals surface area contributed by atoms with Crippen molar-refractivity contribution in [3.8, 4) is 0 Å². The van der Waals surface area contributed by atoms with Gasteiger partial charge in [0.15, 0.2) is 5.82 Å². The van der Waals surface area contributed by atoms with Crippen LogP contribution in [0.5, 0.6) is 0 Å². The van der Waals surface area contributed by atoms with E-state index in [0.717, 1.165) is 18.1 Å². The zero-order chi connectivity index (χ0) is 12.8. The van der Waals surface area contributed by atoms with Gasteiger partial charge in [-0.15, -0.1) is 11.8 Å². The molecule has 0 aliphatic heterocycles. The number of thioether (sulfide) groups is 1. The predicted molar refractivity (Wildman–Crippen MR) is 72.4 cm³/mol. The molecule has 1 N–H and O–H groups in total. The summed E-state index contributed by atoms with van der Waals surface area (Å²) in [7, 11) is 0. The largest absolute Gasteiger partial charge is 0.338 e. The Kier molecular flexibility index (Phi) is 4.78. The standard InChI is InChI=1S/C13H17N3OS/c1-3-14-10(2)13-15-12(16-17-13)9-18-11-7-5-4-6-8-11/h4-8,10,14H,3,9H2,1-2H3. The minimum atomic E-state index is 0.109. The van der Waals surface area contributed by atoms with Gasteiger partial charge in [-0.3, -0.25) is 0 Å². The van der Waals surface area contributed by atoms with E-state index in [2.05, 4.69) is 34.5 Å². The number of aromatic nitrogens is 2. The molecule has 0 fully saturated rings. The van der Waals surface area contributed by atoms with E-state index < -0.39 is 0 Å². The summed E-state index contributed by atoms with van der Waals surface area (Å²) in [5.41, 5.74) is 0. The van der Waals surface area contributed by atoms with Gasteiger partial charge in [0.05, 0.1) is 11.8 Å². The van der Waals surface area contributed by atoms with E-state index in [0.29, 0.717) is 5.89 Å². The fraction of sp³-hybridized carbons (Fsp3) is 0.385. The number of rotatable bonds is 6.